The first-order valence-electron chi connectivity index (χ1n) is 5.50. The Labute approximate surface area is 102 Å². The third-order valence-corrected chi connectivity index (χ3v) is 2.55. The maximum atomic E-state index is 11.8. The second-order valence-electron chi connectivity index (χ2n) is 3.88. The molecule has 0 aliphatic carbocycles. The lowest BCUT2D eigenvalue weighted by atomic mass is 9.99. The van der Waals surface area contributed by atoms with Gasteiger partial charge >= 0.3 is 0 Å². The number of Topliss-reactive ketones (excluding diaryl/α,β-unsaturated/α-hetero) is 2. The zero-order valence-electron chi connectivity index (χ0n) is 10.0. The van der Waals surface area contributed by atoms with Gasteiger partial charge in [0.05, 0.1) is 0 Å². The second-order valence-corrected chi connectivity index (χ2v) is 3.88. The number of hydrogen-bond acceptors (Lipinski definition) is 2. The van der Waals surface area contributed by atoms with Crippen LogP contribution in [0.5, 0.6) is 0 Å². The van der Waals surface area contributed by atoms with Crippen molar-refractivity contribution in [3.8, 4) is 0 Å². The van der Waals surface area contributed by atoms with Gasteiger partial charge in [0.25, 0.3) is 0 Å². The van der Waals surface area contributed by atoms with Crippen molar-refractivity contribution in [1.82, 2.24) is 0 Å². The summed E-state index contributed by atoms with van der Waals surface area (Å²) in [7, 11) is 0. The molecule has 0 aliphatic heterocycles. The Bertz CT molecular complexity index is 470. The molecule has 1 aromatic rings. The van der Waals surface area contributed by atoms with Crippen molar-refractivity contribution in [1.29, 1.82) is 0 Å². The Morgan fingerprint density at radius 1 is 1.12 bits per heavy atom. The molecule has 0 aromatic heterocycles. The van der Waals surface area contributed by atoms with Gasteiger partial charge in [-0.25, -0.2) is 0 Å². The molecule has 2 heteroatoms. The Hall–Kier alpha value is -1.96. The van der Waals surface area contributed by atoms with Gasteiger partial charge in [-0.3, -0.25) is 4.79 Å². The van der Waals surface area contributed by atoms with E-state index in [1.54, 1.807) is 24.3 Å². The molecule has 0 amide bonds. The van der Waals surface area contributed by atoms with E-state index in [1.165, 1.54) is 6.92 Å². The molecule has 0 N–H and O–H groups in total. The van der Waals surface area contributed by atoms with Crippen molar-refractivity contribution < 1.29 is 9.59 Å². The van der Waals surface area contributed by atoms with Crippen molar-refractivity contribution in [2.75, 3.05) is 0 Å². The summed E-state index contributed by atoms with van der Waals surface area (Å²) < 4.78 is 0. The molecule has 1 aromatic carbocycles. The Kier molecular flexibility index (Phi) is 4.58. The molecule has 0 bridgehead atoms. The van der Waals surface area contributed by atoms with Crippen LogP contribution >= 0.6 is 0 Å². The quantitative estimate of drug-likeness (QED) is 0.698. The first kappa shape index (κ1) is 13.1. The average Bonchev–Trinajstić information content (AvgIpc) is 2.34. The van der Waals surface area contributed by atoms with Gasteiger partial charge in [-0.2, -0.15) is 0 Å². The summed E-state index contributed by atoms with van der Waals surface area (Å²) in [4.78, 5) is 22.6. The second kappa shape index (κ2) is 5.94. The first-order valence-corrected chi connectivity index (χ1v) is 5.50. The Morgan fingerprint density at radius 2 is 1.76 bits per heavy atom. The van der Waals surface area contributed by atoms with Crippen LogP contribution in [0.2, 0.25) is 0 Å². The molecule has 0 heterocycles. The third kappa shape index (κ3) is 3.52. The van der Waals surface area contributed by atoms with E-state index in [-0.39, 0.29) is 18.0 Å². The Morgan fingerprint density at radius 3 is 2.29 bits per heavy atom. The van der Waals surface area contributed by atoms with Crippen LogP contribution in [0.15, 0.2) is 31.4 Å². The molecule has 17 heavy (non-hydrogen) atoms. The monoisotopic (exact) mass is 228 g/mol. The summed E-state index contributed by atoms with van der Waals surface area (Å²) in [5.41, 5.74) is 2.45. The van der Waals surface area contributed by atoms with Gasteiger partial charge in [-0.15, -0.1) is 0 Å². The molecule has 0 unspecified atom stereocenters. The summed E-state index contributed by atoms with van der Waals surface area (Å²) in [6, 6.07) is 5.38. The van der Waals surface area contributed by atoms with Crippen molar-refractivity contribution in [2.24, 2.45) is 0 Å². The van der Waals surface area contributed by atoms with E-state index in [2.05, 4.69) is 13.2 Å². The number of rotatable bonds is 6. The zero-order chi connectivity index (χ0) is 12.8. The van der Waals surface area contributed by atoms with Crippen molar-refractivity contribution in [3.05, 3.63) is 48.0 Å². The molecular weight excluding hydrogens is 212 g/mol. The number of hydrogen-bond donors (Lipinski definition) is 0. The SMILES string of the molecule is C=Cc1ccc(C(=O)CCC(C)=O)cc1C=C. The fraction of sp³-hybridized carbons (Fsp3) is 0.200. The summed E-state index contributed by atoms with van der Waals surface area (Å²) in [6.45, 7) is 8.89. The van der Waals surface area contributed by atoms with Crippen LogP contribution in [0.25, 0.3) is 12.2 Å². The van der Waals surface area contributed by atoms with Crippen LogP contribution in [-0.2, 0) is 4.79 Å². The van der Waals surface area contributed by atoms with Gasteiger partial charge in [0.1, 0.15) is 5.78 Å². The fourth-order valence-corrected chi connectivity index (χ4v) is 1.54. The van der Waals surface area contributed by atoms with Crippen LogP contribution < -0.4 is 0 Å². The average molecular weight is 228 g/mol. The molecule has 0 saturated carbocycles. The van der Waals surface area contributed by atoms with E-state index in [0.29, 0.717) is 12.0 Å². The normalized spacial score (nSPS) is 9.71. The van der Waals surface area contributed by atoms with E-state index < -0.39 is 0 Å². The largest absolute Gasteiger partial charge is 0.300 e. The highest BCUT2D eigenvalue weighted by Gasteiger charge is 2.08. The highest BCUT2D eigenvalue weighted by Crippen LogP contribution is 2.16. The van der Waals surface area contributed by atoms with Gasteiger partial charge in [-0.1, -0.05) is 37.4 Å². The number of benzene rings is 1. The fourth-order valence-electron chi connectivity index (χ4n) is 1.54. The van der Waals surface area contributed by atoms with Gasteiger partial charge in [-0.05, 0) is 24.1 Å². The van der Waals surface area contributed by atoms with Crippen molar-refractivity contribution >= 4 is 23.7 Å². The molecule has 0 aliphatic rings. The minimum absolute atomic E-state index is 0.0149. The number of ketones is 2. The molecule has 0 atom stereocenters. The predicted octanol–water partition coefficient (Wildman–Crippen LogP) is 3.52. The lowest BCUT2D eigenvalue weighted by Gasteiger charge is -2.04. The minimum Gasteiger partial charge on any atom is -0.300 e. The van der Waals surface area contributed by atoms with Gasteiger partial charge in [0.2, 0.25) is 0 Å². The van der Waals surface area contributed by atoms with Crippen LogP contribution in [0, 0.1) is 0 Å². The standard InChI is InChI=1S/C15H16O2/c1-4-12-7-8-14(10-13(12)5-2)15(17)9-6-11(3)16/h4-5,7-8,10H,1-2,6,9H2,3H3. The summed E-state index contributed by atoms with van der Waals surface area (Å²) in [5, 5.41) is 0. The summed E-state index contributed by atoms with van der Waals surface area (Å²) in [5.74, 6) is 0.0175. The molecule has 2 nitrogen and oxygen atoms in total. The highest BCUT2D eigenvalue weighted by molar-refractivity contribution is 5.98. The lowest BCUT2D eigenvalue weighted by molar-refractivity contribution is -0.116. The van der Waals surface area contributed by atoms with Crippen molar-refractivity contribution in [2.45, 2.75) is 19.8 Å². The van der Waals surface area contributed by atoms with E-state index in [4.69, 9.17) is 0 Å². The van der Waals surface area contributed by atoms with Crippen LogP contribution in [0.1, 0.15) is 41.3 Å². The van der Waals surface area contributed by atoms with Gasteiger partial charge in [0.15, 0.2) is 5.78 Å². The van der Waals surface area contributed by atoms with E-state index >= 15 is 0 Å². The number of carbonyl (C=O) groups is 2. The molecule has 0 fully saturated rings. The van der Waals surface area contributed by atoms with E-state index in [0.717, 1.165) is 11.1 Å². The zero-order valence-corrected chi connectivity index (χ0v) is 10.0. The number of carbonyl (C=O) groups excluding carboxylic acids is 2. The summed E-state index contributed by atoms with van der Waals surface area (Å²) in [6.07, 6.45) is 3.98. The lowest BCUT2D eigenvalue weighted by Crippen LogP contribution is -2.02. The van der Waals surface area contributed by atoms with Gasteiger partial charge in [0, 0.05) is 18.4 Å². The van der Waals surface area contributed by atoms with E-state index in [1.807, 2.05) is 6.07 Å². The van der Waals surface area contributed by atoms with Crippen LogP contribution in [-0.4, -0.2) is 11.6 Å². The van der Waals surface area contributed by atoms with E-state index in [9.17, 15) is 9.59 Å². The molecule has 88 valence electrons. The smallest absolute Gasteiger partial charge is 0.163 e. The molecule has 0 saturated heterocycles. The Balaban J connectivity index is 2.91. The first-order chi connectivity index (χ1) is 8.08. The predicted molar refractivity (Wildman–Crippen MR) is 70.9 cm³/mol. The van der Waals surface area contributed by atoms with Crippen molar-refractivity contribution in [3.63, 3.8) is 0 Å². The maximum Gasteiger partial charge on any atom is 0.163 e. The minimum atomic E-state index is -0.0149. The van der Waals surface area contributed by atoms with Crippen LogP contribution in [0.3, 0.4) is 0 Å². The van der Waals surface area contributed by atoms with Gasteiger partial charge < -0.3 is 4.79 Å². The maximum absolute atomic E-state index is 11.8. The molecule has 1 rings (SSSR count). The highest BCUT2D eigenvalue weighted by atomic mass is 16.1. The third-order valence-electron chi connectivity index (χ3n) is 2.55. The summed E-state index contributed by atoms with van der Waals surface area (Å²) >= 11 is 0. The van der Waals surface area contributed by atoms with Crippen LogP contribution in [0.4, 0.5) is 0 Å². The molecule has 0 spiro atoms. The molecular formula is C15H16O2. The topological polar surface area (TPSA) is 34.1 Å². The molecule has 0 radical (unpaired) electrons.